The molecule has 0 spiro atoms. The fraction of sp³-hybridized carbons (Fsp3) is 0.143. The summed E-state index contributed by atoms with van der Waals surface area (Å²) in [6, 6.07) is 22.1. The number of allylic oxidation sites excluding steroid dienone is 1. The van der Waals surface area contributed by atoms with Crippen molar-refractivity contribution in [1.29, 1.82) is 0 Å². The summed E-state index contributed by atoms with van der Waals surface area (Å²) in [5, 5.41) is 8.22. The molecule has 37 heavy (non-hydrogen) atoms. The Morgan fingerprint density at radius 2 is 1.51 bits per heavy atom. The quantitative estimate of drug-likeness (QED) is 0.112. The molecule has 0 aliphatic carbocycles. The van der Waals surface area contributed by atoms with Crippen molar-refractivity contribution >= 4 is 46.0 Å². The third-order valence-corrected chi connectivity index (χ3v) is 5.64. The van der Waals surface area contributed by atoms with Gasteiger partial charge in [-0.2, -0.15) is 5.90 Å². The second kappa shape index (κ2) is 13.2. The number of carbonyl (C=O) groups excluding carboxylic acids is 1. The van der Waals surface area contributed by atoms with Crippen LogP contribution in [0.4, 0.5) is 11.4 Å². The summed E-state index contributed by atoms with van der Waals surface area (Å²) in [5.74, 6) is 5.47. The highest BCUT2D eigenvalue weighted by Crippen LogP contribution is 2.30. The number of methoxy groups -OCH3 is 2. The Labute approximate surface area is 220 Å². The average molecular weight is 522 g/mol. The highest BCUT2D eigenvalue weighted by Gasteiger charge is 2.23. The zero-order valence-corrected chi connectivity index (χ0v) is 21.7. The van der Waals surface area contributed by atoms with Gasteiger partial charge in [-0.3, -0.25) is 0 Å². The molecule has 0 bridgehead atoms. The molecule has 0 radical (unpaired) electrons. The number of anilines is 2. The second-order valence-electron chi connectivity index (χ2n) is 7.71. The molecule has 3 N–H and O–H groups in total. The van der Waals surface area contributed by atoms with Crippen LogP contribution in [0, 0.1) is 0 Å². The van der Waals surface area contributed by atoms with Crippen molar-refractivity contribution in [3.8, 4) is 0 Å². The summed E-state index contributed by atoms with van der Waals surface area (Å²) in [5.41, 5.74) is 4.86. The first-order chi connectivity index (χ1) is 17.9. The average Bonchev–Trinajstić information content (AvgIpc) is 2.92. The molecular formula is C28H28ClN3O5. The number of nitrogens with zero attached hydrogens (tertiary/aromatic N) is 1. The van der Waals surface area contributed by atoms with Gasteiger partial charge in [0.1, 0.15) is 18.4 Å². The van der Waals surface area contributed by atoms with Gasteiger partial charge in [-0.05, 0) is 43.3 Å². The van der Waals surface area contributed by atoms with E-state index in [1.54, 1.807) is 31.2 Å². The van der Waals surface area contributed by atoms with E-state index in [0.29, 0.717) is 33.2 Å². The summed E-state index contributed by atoms with van der Waals surface area (Å²) in [6.07, 6.45) is 1.31. The second-order valence-corrected chi connectivity index (χ2v) is 8.14. The van der Waals surface area contributed by atoms with E-state index < -0.39 is 5.97 Å². The van der Waals surface area contributed by atoms with Gasteiger partial charge in [-0.25, -0.2) is 4.79 Å². The lowest BCUT2D eigenvalue weighted by molar-refractivity contribution is -0.133. The Morgan fingerprint density at radius 1 is 0.919 bits per heavy atom. The zero-order chi connectivity index (χ0) is 26.8. The van der Waals surface area contributed by atoms with Gasteiger partial charge in [-0.15, -0.1) is 0 Å². The van der Waals surface area contributed by atoms with E-state index in [1.807, 2.05) is 48.5 Å². The number of carbonyl (C=O) groups is 1. The molecule has 9 heteroatoms. The van der Waals surface area contributed by atoms with Crippen LogP contribution in [-0.4, -0.2) is 33.0 Å². The van der Waals surface area contributed by atoms with Gasteiger partial charge in [0.05, 0.1) is 20.5 Å². The third-order valence-electron chi connectivity index (χ3n) is 5.39. The molecule has 0 saturated heterocycles. The minimum Gasteiger partial charge on any atom is -0.503 e. The Balaban J connectivity index is 2.04. The summed E-state index contributed by atoms with van der Waals surface area (Å²) in [4.78, 5) is 22.9. The van der Waals surface area contributed by atoms with Gasteiger partial charge in [0, 0.05) is 38.7 Å². The third kappa shape index (κ3) is 6.69. The standard InChI is InChI=1S/C28H28ClN3O5/c1-18(27(37-30)24-8-6-5-7-23(24)25(17-34-2)28(33)35-3)26(32-36-4)19-9-13-21(14-10-19)31-22-15-11-20(29)12-16-22/h5-17,31H,30H2,1-4H3. The minimum atomic E-state index is -0.571. The Bertz CT molecular complexity index is 1320. The van der Waals surface area contributed by atoms with Gasteiger partial charge >= 0.3 is 5.97 Å². The van der Waals surface area contributed by atoms with Crippen LogP contribution in [0.5, 0.6) is 0 Å². The maximum Gasteiger partial charge on any atom is 0.341 e. The molecule has 3 aromatic carbocycles. The van der Waals surface area contributed by atoms with Gasteiger partial charge in [0.2, 0.25) is 0 Å². The van der Waals surface area contributed by atoms with Crippen molar-refractivity contribution in [1.82, 2.24) is 0 Å². The van der Waals surface area contributed by atoms with Gasteiger partial charge in [-0.1, -0.05) is 53.2 Å². The fourth-order valence-electron chi connectivity index (χ4n) is 3.67. The molecule has 0 unspecified atom stereocenters. The van der Waals surface area contributed by atoms with E-state index in [-0.39, 0.29) is 5.57 Å². The minimum absolute atomic E-state index is 0.200. The van der Waals surface area contributed by atoms with Crippen molar-refractivity contribution in [3.63, 3.8) is 0 Å². The molecule has 0 fully saturated rings. The molecule has 0 aromatic heterocycles. The normalized spacial score (nSPS) is 12.4. The molecule has 0 aliphatic heterocycles. The van der Waals surface area contributed by atoms with Gasteiger partial charge in [0.15, 0.2) is 5.76 Å². The predicted octanol–water partition coefficient (Wildman–Crippen LogP) is 5.92. The fourth-order valence-corrected chi connectivity index (χ4v) is 3.79. The number of benzene rings is 3. The van der Waals surface area contributed by atoms with Crippen molar-refractivity contribution < 1.29 is 23.9 Å². The first-order valence-corrected chi connectivity index (χ1v) is 11.5. The lowest BCUT2D eigenvalue weighted by Crippen LogP contribution is -2.13. The largest absolute Gasteiger partial charge is 0.503 e. The number of nitrogens with one attached hydrogen (secondary N) is 1. The lowest BCUT2D eigenvalue weighted by Gasteiger charge is -2.17. The van der Waals surface area contributed by atoms with Crippen LogP contribution in [0.3, 0.4) is 0 Å². The first-order valence-electron chi connectivity index (χ1n) is 11.2. The van der Waals surface area contributed by atoms with E-state index in [4.69, 9.17) is 36.6 Å². The van der Waals surface area contributed by atoms with E-state index in [0.717, 1.165) is 16.9 Å². The van der Waals surface area contributed by atoms with Crippen molar-refractivity contribution in [2.45, 2.75) is 6.92 Å². The number of hydrogen-bond acceptors (Lipinski definition) is 8. The number of ether oxygens (including phenoxy) is 2. The van der Waals surface area contributed by atoms with E-state index in [9.17, 15) is 4.79 Å². The molecule has 3 aromatic rings. The highest BCUT2D eigenvalue weighted by atomic mass is 35.5. The van der Waals surface area contributed by atoms with Gasteiger partial charge < -0.3 is 24.5 Å². The number of hydrogen-bond donors (Lipinski definition) is 2. The Morgan fingerprint density at radius 3 is 2.05 bits per heavy atom. The maximum absolute atomic E-state index is 12.5. The Kier molecular flexibility index (Phi) is 9.71. The molecule has 0 amide bonds. The Hall–Kier alpha value is -4.27. The SMILES string of the molecule is COC=C(C(=O)OC)c1ccccc1C(ON)=C(C)C(=NOC)c1ccc(Nc2ccc(Cl)cc2)cc1. The zero-order valence-electron chi connectivity index (χ0n) is 20.9. The number of rotatable bonds is 10. The number of oxime groups is 1. The molecule has 0 atom stereocenters. The summed E-state index contributed by atoms with van der Waals surface area (Å²) < 4.78 is 10.0. The summed E-state index contributed by atoms with van der Waals surface area (Å²) in [7, 11) is 4.20. The highest BCUT2D eigenvalue weighted by molar-refractivity contribution is 6.30. The van der Waals surface area contributed by atoms with Crippen LogP contribution in [0.25, 0.3) is 11.3 Å². The summed E-state index contributed by atoms with van der Waals surface area (Å²) in [6.45, 7) is 1.80. The van der Waals surface area contributed by atoms with Gasteiger partial charge in [0.25, 0.3) is 0 Å². The van der Waals surface area contributed by atoms with Crippen LogP contribution in [0.1, 0.15) is 23.6 Å². The smallest absolute Gasteiger partial charge is 0.341 e. The van der Waals surface area contributed by atoms with Crippen LogP contribution >= 0.6 is 11.6 Å². The van der Waals surface area contributed by atoms with Crippen LogP contribution in [0.2, 0.25) is 5.02 Å². The number of nitrogens with two attached hydrogens (primary N) is 1. The van der Waals surface area contributed by atoms with Crippen molar-refractivity contribution in [3.05, 3.63) is 106 Å². The number of esters is 1. The maximum atomic E-state index is 12.5. The van der Waals surface area contributed by atoms with E-state index in [2.05, 4.69) is 10.5 Å². The number of halogens is 1. The molecule has 8 nitrogen and oxygen atoms in total. The van der Waals surface area contributed by atoms with E-state index in [1.165, 1.54) is 27.6 Å². The van der Waals surface area contributed by atoms with Crippen LogP contribution < -0.4 is 11.2 Å². The molecule has 192 valence electrons. The molecule has 0 saturated carbocycles. The molecule has 0 aliphatic rings. The monoisotopic (exact) mass is 521 g/mol. The van der Waals surface area contributed by atoms with Crippen molar-refractivity contribution in [2.75, 3.05) is 26.6 Å². The molecule has 3 rings (SSSR count). The van der Waals surface area contributed by atoms with Crippen LogP contribution in [-0.2, 0) is 23.9 Å². The molecule has 0 heterocycles. The van der Waals surface area contributed by atoms with Crippen molar-refractivity contribution in [2.24, 2.45) is 11.1 Å². The summed E-state index contributed by atoms with van der Waals surface area (Å²) >= 11 is 5.97. The first kappa shape index (κ1) is 27.3. The lowest BCUT2D eigenvalue weighted by atomic mass is 9.94. The predicted molar refractivity (Wildman–Crippen MR) is 146 cm³/mol. The van der Waals surface area contributed by atoms with E-state index >= 15 is 0 Å². The molecular weight excluding hydrogens is 494 g/mol. The topological polar surface area (TPSA) is 104 Å². The van der Waals surface area contributed by atoms with Crippen LogP contribution in [0.15, 0.2) is 89.8 Å².